The molecule has 2 heterocycles. The fraction of sp³-hybridized carbons (Fsp3) is 0.435. The fourth-order valence-corrected chi connectivity index (χ4v) is 5.02. The zero-order valence-electron chi connectivity index (χ0n) is 18.4. The molecule has 3 rings (SSSR count). The Morgan fingerprint density at radius 3 is 2.88 bits per heavy atom. The molecule has 0 saturated heterocycles. The van der Waals surface area contributed by atoms with Crippen molar-refractivity contribution in [2.45, 2.75) is 39.2 Å². The van der Waals surface area contributed by atoms with Gasteiger partial charge in [0.15, 0.2) is 0 Å². The summed E-state index contributed by atoms with van der Waals surface area (Å²) in [5.41, 5.74) is 3.38. The molecule has 0 radical (unpaired) electrons. The highest BCUT2D eigenvalue weighted by Gasteiger charge is 2.28. The van der Waals surface area contributed by atoms with Gasteiger partial charge in [-0.1, -0.05) is 24.6 Å². The normalized spacial score (nSPS) is 13.7. The van der Waals surface area contributed by atoms with Gasteiger partial charge in [0.05, 0.1) is 25.8 Å². The van der Waals surface area contributed by atoms with Crippen LogP contribution in [0.5, 0.6) is 5.75 Å². The van der Waals surface area contributed by atoms with Crippen molar-refractivity contribution >= 4 is 28.3 Å². The van der Waals surface area contributed by atoms with Gasteiger partial charge in [0.1, 0.15) is 23.4 Å². The van der Waals surface area contributed by atoms with Crippen LogP contribution in [0.1, 0.15) is 46.4 Å². The van der Waals surface area contributed by atoms with E-state index >= 15 is 0 Å². The first-order chi connectivity index (χ1) is 15.4. The van der Waals surface area contributed by atoms with Gasteiger partial charge in [0.2, 0.25) is 5.91 Å². The monoisotopic (exact) mass is 457 g/mol. The van der Waals surface area contributed by atoms with Gasteiger partial charge >= 0.3 is 6.09 Å². The molecule has 32 heavy (non-hydrogen) atoms. The summed E-state index contributed by atoms with van der Waals surface area (Å²) in [6.45, 7) is 4.41. The zero-order valence-corrected chi connectivity index (χ0v) is 19.3. The third-order valence-electron chi connectivity index (χ3n) is 5.40. The van der Waals surface area contributed by atoms with Crippen molar-refractivity contribution in [3.05, 3.63) is 45.3 Å². The Bertz CT molecular complexity index is 1040. The maximum atomic E-state index is 12.8. The highest BCUT2D eigenvalue weighted by atomic mass is 32.1. The predicted molar refractivity (Wildman–Crippen MR) is 121 cm³/mol. The minimum absolute atomic E-state index is 0.0543. The van der Waals surface area contributed by atoms with Gasteiger partial charge < -0.3 is 24.8 Å². The average Bonchev–Trinajstić information content (AvgIpc) is 3.12. The number of fused-ring (bicyclic) bond motifs is 1. The molecule has 170 valence electrons. The summed E-state index contributed by atoms with van der Waals surface area (Å²) >= 11 is 1.31. The molecule has 1 unspecified atom stereocenters. The van der Waals surface area contributed by atoms with Gasteiger partial charge in [0, 0.05) is 17.8 Å². The number of aliphatic hydroxyl groups excluding tert-OH is 1. The smallest absolute Gasteiger partial charge is 0.410 e. The number of ether oxygens (including phenoxy) is 2. The number of rotatable bonds is 7. The average molecular weight is 458 g/mol. The van der Waals surface area contributed by atoms with E-state index in [1.54, 1.807) is 7.11 Å². The standard InChI is InChI=1S/C23H27N3O5S/c1-14-4-5-19(30-3)17(10-14)15(2)11-21(28)25-22-18(12-24)16-6-7-26(13-20(16)32-22)23(29)31-9-8-27/h4-5,10,15,27H,6-9,11,13H2,1-3H3,(H,25,28). The van der Waals surface area contributed by atoms with Gasteiger partial charge in [-0.15, -0.1) is 11.3 Å². The van der Waals surface area contributed by atoms with Gasteiger partial charge in [0.25, 0.3) is 0 Å². The van der Waals surface area contributed by atoms with Gasteiger partial charge in [-0.3, -0.25) is 4.79 Å². The van der Waals surface area contributed by atoms with Crippen LogP contribution >= 0.6 is 11.3 Å². The summed E-state index contributed by atoms with van der Waals surface area (Å²) < 4.78 is 10.4. The number of methoxy groups -OCH3 is 1. The predicted octanol–water partition coefficient (Wildman–Crippen LogP) is 3.56. The molecule has 1 aliphatic heterocycles. The molecular formula is C23H27N3O5S. The molecule has 8 nitrogen and oxygen atoms in total. The van der Waals surface area contributed by atoms with Crippen LogP contribution in [-0.2, 0) is 22.5 Å². The van der Waals surface area contributed by atoms with E-state index in [2.05, 4.69) is 11.4 Å². The molecule has 0 saturated carbocycles. The summed E-state index contributed by atoms with van der Waals surface area (Å²) in [5.74, 6) is 0.491. The molecule has 2 aromatic rings. The SMILES string of the molecule is COc1ccc(C)cc1C(C)CC(=O)Nc1sc2c(c1C#N)CCN(C(=O)OCCO)C2. The lowest BCUT2D eigenvalue weighted by molar-refractivity contribution is -0.116. The molecule has 1 aliphatic rings. The van der Waals surface area contributed by atoms with Crippen molar-refractivity contribution < 1.29 is 24.2 Å². The Morgan fingerprint density at radius 2 is 2.19 bits per heavy atom. The fourth-order valence-electron chi connectivity index (χ4n) is 3.79. The Balaban J connectivity index is 1.71. The Hall–Kier alpha value is -3.09. The van der Waals surface area contributed by atoms with E-state index in [-0.39, 0.29) is 31.5 Å². The molecular weight excluding hydrogens is 430 g/mol. The molecule has 0 spiro atoms. The van der Waals surface area contributed by atoms with E-state index < -0.39 is 6.09 Å². The molecule has 0 bridgehead atoms. The lowest BCUT2D eigenvalue weighted by Gasteiger charge is -2.26. The van der Waals surface area contributed by atoms with Crippen LogP contribution in [0.4, 0.5) is 9.80 Å². The van der Waals surface area contributed by atoms with Crippen LogP contribution in [0, 0.1) is 18.3 Å². The van der Waals surface area contributed by atoms with E-state index in [1.165, 1.54) is 16.2 Å². The minimum atomic E-state index is -0.497. The molecule has 2 N–H and O–H groups in total. The molecule has 0 aliphatic carbocycles. The number of nitrogens with one attached hydrogen (secondary N) is 1. The van der Waals surface area contributed by atoms with E-state index in [1.807, 2.05) is 32.0 Å². The number of amides is 2. The molecule has 1 aromatic heterocycles. The van der Waals surface area contributed by atoms with Crippen molar-refractivity contribution in [2.75, 3.05) is 32.2 Å². The number of carbonyl (C=O) groups is 2. The van der Waals surface area contributed by atoms with Crippen LogP contribution in [0.3, 0.4) is 0 Å². The van der Waals surface area contributed by atoms with Gasteiger partial charge in [-0.2, -0.15) is 5.26 Å². The lowest BCUT2D eigenvalue weighted by Crippen LogP contribution is -2.36. The summed E-state index contributed by atoms with van der Waals surface area (Å²) in [7, 11) is 1.61. The summed E-state index contributed by atoms with van der Waals surface area (Å²) in [5, 5.41) is 21.9. The first-order valence-corrected chi connectivity index (χ1v) is 11.2. The Labute approximate surface area is 191 Å². The second-order valence-electron chi connectivity index (χ2n) is 7.73. The Morgan fingerprint density at radius 1 is 1.41 bits per heavy atom. The topological polar surface area (TPSA) is 112 Å². The van der Waals surface area contributed by atoms with Crippen molar-refractivity contribution in [3.63, 3.8) is 0 Å². The number of nitriles is 1. The summed E-state index contributed by atoms with van der Waals surface area (Å²) in [6.07, 6.45) is 0.255. The largest absolute Gasteiger partial charge is 0.496 e. The van der Waals surface area contributed by atoms with E-state index in [0.717, 1.165) is 27.3 Å². The molecule has 2 amide bonds. The van der Waals surface area contributed by atoms with Crippen LogP contribution in [0.15, 0.2) is 18.2 Å². The summed E-state index contributed by atoms with van der Waals surface area (Å²) in [4.78, 5) is 27.3. The van der Waals surface area contributed by atoms with Crippen LogP contribution in [0.25, 0.3) is 0 Å². The van der Waals surface area contributed by atoms with Crippen LogP contribution < -0.4 is 10.1 Å². The first kappa shape index (κ1) is 23.6. The van der Waals surface area contributed by atoms with Crippen LogP contribution in [-0.4, -0.2) is 48.9 Å². The first-order valence-electron chi connectivity index (χ1n) is 10.4. The number of aryl methyl sites for hydroxylation is 1. The van der Waals surface area contributed by atoms with Crippen molar-refractivity contribution in [3.8, 4) is 11.8 Å². The summed E-state index contributed by atoms with van der Waals surface area (Å²) in [6, 6.07) is 8.09. The number of thiophene rings is 1. The lowest BCUT2D eigenvalue weighted by atomic mass is 9.95. The molecule has 1 atom stereocenters. The zero-order chi connectivity index (χ0) is 23.3. The number of benzene rings is 1. The second kappa shape index (κ2) is 10.5. The molecule has 0 fully saturated rings. The van der Waals surface area contributed by atoms with Gasteiger partial charge in [-0.25, -0.2) is 4.79 Å². The quantitative estimate of drug-likeness (QED) is 0.658. The van der Waals surface area contributed by atoms with Crippen LogP contribution in [0.2, 0.25) is 0 Å². The maximum absolute atomic E-state index is 12.8. The number of hydrogen-bond donors (Lipinski definition) is 2. The van der Waals surface area contributed by atoms with Crippen molar-refractivity contribution in [1.29, 1.82) is 5.26 Å². The number of aliphatic hydroxyl groups is 1. The number of hydrogen-bond acceptors (Lipinski definition) is 7. The maximum Gasteiger partial charge on any atom is 0.410 e. The van der Waals surface area contributed by atoms with E-state index in [9.17, 15) is 14.9 Å². The van der Waals surface area contributed by atoms with E-state index in [4.69, 9.17) is 14.6 Å². The third-order valence-corrected chi connectivity index (χ3v) is 6.54. The second-order valence-corrected chi connectivity index (χ2v) is 8.83. The minimum Gasteiger partial charge on any atom is -0.496 e. The van der Waals surface area contributed by atoms with Gasteiger partial charge in [-0.05, 0) is 36.5 Å². The van der Waals surface area contributed by atoms with Crippen molar-refractivity contribution in [1.82, 2.24) is 4.90 Å². The number of nitrogens with zero attached hydrogens (tertiary/aromatic N) is 2. The number of carbonyl (C=O) groups excluding carboxylic acids is 2. The van der Waals surface area contributed by atoms with E-state index in [0.29, 0.717) is 30.1 Å². The molecule has 1 aromatic carbocycles. The van der Waals surface area contributed by atoms with Crippen molar-refractivity contribution in [2.24, 2.45) is 0 Å². The highest BCUT2D eigenvalue weighted by Crippen LogP contribution is 2.37. The Kier molecular flexibility index (Phi) is 7.72. The number of anilines is 1. The molecule has 9 heteroatoms. The highest BCUT2D eigenvalue weighted by molar-refractivity contribution is 7.16. The third kappa shape index (κ3) is 5.21.